The average Bonchev–Trinajstić information content (AvgIpc) is 2.86. The molecule has 3 amide bonds. The van der Waals surface area contributed by atoms with Gasteiger partial charge in [-0.3, -0.25) is 29.3 Å². The molecule has 3 heterocycles. The van der Waals surface area contributed by atoms with E-state index < -0.39 is 17.7 Å². The van der Waals surface area contributed by atoms with Crippen molar-refractivity contribution in [3.63, 3.8) is 0 Å². The lowest BCUT2D eigenvalue weighted by molar-refractivity contribution is 0.0962. The van der Waals surface area contributed by atoms with Crippen molar-refractivity contribution in [1.29, 1.82) is 0 Å². The van der Waals surface area contributed by atoms with Gasteiger partial charge in [0.2, 0.25) is 0 Å². The first-order valence-electron chi connectivity index (χ1n) is 10.6. The number of aliphatic imine (C=N–C) groups is 1. The summed E-state index contributed by atoms with van der Waals surface area (Å²) < 4.78 is 0. The van der Waals surface area contributed by atoms with Gasteiger partial charge < -0.3 is 16.0 Å². The Hall–Kier alpha value is -4.66. The summed E-state index contributed by atoms with van der Waals surface area (Å²) in [5.74, 6) is -1.31. The van der Waals surface area contributed by atoms with Gasteiger partial charge in [-0.2, -0.15) is 0 Å². The second-order valence-corrected chi connectivity index (χ2v) is 7.67. The molecule has 0 radical (unpaired) electrons. The normalized spacial score (nSPS) is 14.6. The summed E-state index contributed by atoms with van der Waals surface area (Å²) in [4.78, 5) is 50.9. The third kappa shape index (κ3) is 5.57. The predicted octanol–water partition coefficient (Wildman–Crippen LogP) is 3.32. The zero-order chi connectivity index (χ0) is 23.9. The molecule has 1 aliphatic rings. The highest BCUT2D eigenvalue weighted by molar-refractivity contribution is 6.11. The SMILES string of the molecule is CC1CN=CC=C1NC(=O)c1cc(C(=O)Nc2ccncc2)cc(C(=O)Nc2ccncc2)c1. The lowest BCUT2D eigenvalue weighted by Gasteiger charge is -2.18. The minimum atomic E-state index is -0.462. The second-order valence-electron chi connectivity index (χ2n) is 7.67. The van der Waals surface area contributed by atoms with E-state index >= 15 is 0 Å². The minimum absolute atomic E-state index is 0.0431. The maximum atomic E-state index is 13.0. The molecule has 0 aliphatic carbocycles. The molecule has 9 heteroatoms. The largest absolute Gasteiger partial charge is 0.325 e. The van der Waals surface area contributed by atoms with Crippen LogP contribution in [-0.4, -0.2) is 40.4 Å². The van der Waals surface area contributed by atoms with E-state index in [0.29, 0.717) is 17.9 Å². The van der Waals surface area contributed by atoms with Gasteiger partial charge in [-0.05, 0) is 48.5 Å². The maximum absolute atomic E-state index is 13.0. The van der Waals surface area contributed by atoms with Crippen LogP contribution < -0.4 is 16.0 Å². The lowest BCUT2D eigenvalue weighted by Crippen LogP contribution is -2.29. The Morgan fingerprint density at radius 2 is 1.18 bits per heavy atom. The summed E-state index contributed by atoms with van der Waals surface area (Å²) in [5, 5.41) is 8.37. The van der Waals surface area contributed by atoms with Crippen LogP contribution in [0.5, 0.6) is 0 Å². The highest BCUT2D eigenvalue weighted by Gasteiger charge is 2.19. The lowest BCUT2D eigenvalue weighted by atomic mass is 10.0. The number of anilines is 2. The summed E-state index contributed by atoms with van der Waals surface area (Å²) in [7, 11) is 0. The molecule has 1 aromatic carbocycles. The van der Waals surface area contributed by atoms with Gasteiger partial charge in [0.25, 0.3) is 17.7 Å². The number of carbonyl (C=O) groups is 3. The van der Waals surface area contributed by atoms with Gasteiger partial charge >= 0.3 is 0 Å². The van der Waals surface area contributed by atoms with E-state index in [1.165, 1.54) is 18.2 Å². The molecule has 0 bridgehead atoms. The highest BCUT2D eigenvalue weighted by atomic mass is 16.2. The Kier molecular flexibility index (Phi) is 6.83. The smallest absolute Gasteiger partial charge is 0.255 e. The van der Waals surface area contributed by atoms with Gasteiger partial charge in [0.05, 0.1) is 0 Å². The Morgan fingerprint density at radius 1 is 0.735 bits per heavy atom. The third-order valence-electron chi connectivity index (χ3n) is 5.12. The first-order chi connectivity index (χ1) is 16.5. The molecule has 3 N–H and O–H groups in total. The summed E-state index contributed by atoms with van der Waals surface area (Å²) in [6.45, 7) is 2.52. The fourth-order valence-corrected chi connectivity index (χ4v) is 3.28. The highest BCUT2D eigenvalue weighted by Crippen LogP contribution is 2.17. The number of pyridine rings is 2. The molecule has 0 saturated carbocycles. The van der Waals surface area contributed by atoms with Crippen LogP contribution in [0.2, 0.25) is 0 Å². The first-order valence-corrected chi connectivity index (χ1v) is 10.6. The van der Waals surface area contributed by atoms with Crippen molar-refractivity contribution >= 4 is 35.3 Å². The van der Waals surface area contributed by atoms with Gasteiger partial charge in [0, 0.05) is 77.2 Å². The van der Waals surface area contributed by atoms with Gasteiger partial charge in [0.15, 0.2) is 0 Å². The van der Waals surface area contributed by atoms with Crippen molar-refractivity contribution in [2.24, 2.45) is 10.9 Å². The molecule has 0 saturated heterocycles. The molecule has 0 spiro atoms. The minimum Gasteiger partial charge on any atom is -0.325 e. The number of aromatic nitrogens is 2. The zero-order valence-corrected chi connectivity index (χ0v) is 18.4. The van der Waals surface area contributed by atoms with Gasteiger partial charge in [0.1, 0.15) is 0 Å². The molecule has 9 nitrogen and oxygen atoms in total. The van der Waals surface area contributed by atoms with Crippen LogP contribution in [0, 0.1) is 5.92 Å². The van der Waals surface area contributed by atoms with E-state index in [2.05, 4.69) is 30.9 Å². The van der Waals surface area contributed by atoms with E-state index in [-0.39, 0.29) is 22.6 Å². The fourth-order valence-electron chi connectivity index (χ4n) is 3.28. The van der Waals surface area contributed by atoms with Crippen LogP contribution in [0.15, 0.2) is 84.0 Å². The molecule has 34 heavy (non-hydrogen) atoms. The quantitative estimate of drug-likeness (QED) is 0.527. The van der Waals surface area contributed by atoms with E-state index in [9.17, 15) is 14.4 Å². The van der Waals surface area contributed by atoms with Gasteiger partial charge in [-0.1, -0.05) is 6.92 Å². The van der Waals surface area contributed by atoms with Crippen molar-refractivity contribution in [3.8, 4) is 0 Å². The van der Waals surface area contributed by atoms with Crippen molar-refractivity contribution < 1.29 is 14.4 Å². The molecule has 1 atom stereocenters. The van der Waals surface area contributed by atoms with Gasteiger partial charge in [-0.25, -0.2) is 0 Å². The number of hydrogen-bond donors (Lipinski definition) is 3. The zero-order valence-electron chi connectivity index (χ0n) is 18.4. The molecule has 2 aromatic heterocycles. The first kappa shape index (κ1) is 22.5. The summed E-state index contributed by atoms with van der Waals surface area (Å²) in [6.07, 6.45) is 9.58. The van der Waals surface area contributed by atoms with E-state index in [0.717, 1.165) is 5.70 Å². The number of allylic oxidation sites excluding steroid dienone is 1. The van der Waals surface area contributed by atoms with Crippen LogP contribution in [0.4, 0.5) is 11.4 Å². The Labute approximate surface area is 196 Å². The topological polar surface area (TPSA) is 125 Å². The van der Waals surface area contributed by atoms with Crippen molar-refractivity contribution in [1.82, 2.24) is 15.3 Å². The second kappa shape index (κ2) is 10.3. The molecular weight excluding hydrogens is 432 g/mol. The molecule has 1 unspecified atom stereocenters. The number of dihydropyridines is 1. The monoisotopic (exact) mass is 454 g/mol. The van der Waals surface area contributed by atoms with E-state index in [1.807, 2.05) is 6.92 Å². The van der Waals surface area contributed by atoms with Gasteiger partial charge in [-0.15, -0.1) is 0 Å². The Morgan fingerprint density at radius 3 is 1.62 bits per heavy atom. The van der Waals surface area contributed by atoms with Crippen molar-refractivity contribution in [2.75, 3.05) is 17.2 Å². The Balaban J connectivity index is 1.64. The molecule has 170 valence electrons. The summed E-state index contributed by atoms with van der Waals surface area (Å²) in [5.41, 5.74) is 2.30. The standard InChI is InChI=1S/C25H22N6O3/c1-16-15-28-11-6-22(16)31-25(34)19-13-17(23(32)29-20-2-7-26-8-3-20)12-18(14-19)24(33)30-21-4-9-27-10-5-21/h2-14,16H,15H2,1H3,(H,31,34)(H,26,29,32)(H,27,30,33). The average molecular weight is 454 g/mol. The summed E-state index contributed by atoms with van der Waals surface area (Å²) in [6, 6.07) is 10.9. The van der Waals surface area contributed by atoms with Crippen LogP contribution in [0.1, 0.15) is 38.0 Å². The van der Waals surface area contributed by atoms with E-state index in [1.54, 1.807) is 61.3 Å². The van der Waals surface area contributed by atoms with E-state index in [4.69, 9.17) is 0 Å². The number of hydrogen-bond acceptors (Lipinski definition) is 6. The number of nitrogens with one attached hydrogen (secondary N) is 3. The maximum Gasteiger partial charge on any atom is 0.255 e. The fraction of sp³-hybridized carbons (Fsp3) is 0.120. The molecule has 0 fully saturated rings. The van der Waals surface area contributed by atoms with Crippen LogP contribution >= 0.6 is 0 Å². The number of carbonyl (C=O) groups excluding carboxylic acids is 3. The number of amides is 3. The van der Waals surface area contributed by atoms with Crippen LogP contribution in [0.3, 0.4) is 0 Å². The molecule has 1 aliphatic heterocycles. The Bertz CT molecular complexity index is 1200. The summed E-state index contributed by atoms with van der Waals surface area (Å²) >= 11 is 0. The van der Waals surface area contributed by atoms with Crippen LogP contribution in [0.25, 0.3) is 0 Å². The molecule has 4 rings (SSSR count). The van der Waals surface area contributed by atoms with Crippen molar-refractivity contribution in [3.05, 3.63) is 95.7 Å². The predicted molar refractivity (Wildman–Crippen MR) is 129 cm³/mol. The number of nitrogens with zero attached hydrogens (tertiary/aromatic N) is 3. The number of rotatable bonds is 6. The molecular formula is C25H22N6O3. The van der Waals surface area contributed by atoms with Crippen LogP contribution in [-0.2, 0) is 0 Å². The number of benzene rings is 1. The van der Waals surface area contributed by atoms with Crippen molar-refractivity contribution in [2.45, 2.75) is 6.92 Å². The molecule has 3 aromatic rings. The third-order valence-corrected chi connectivity index (χ3v) is 5.12.